The molecule has 0 spiro atoms. The minimum atomic E-state index is -3.71. The lowest BCUT2D eigenvalue weighted by Gasteiger charge is -2.34. The van der Waals surface area contributed by atoms with Gasteiger partial charge in [-0.25, -0.2) is 18.1 Å². The van der Waals surface area contributed by atoms with Crippen molar-refractivity contribution in [1.29, 1.82) is 0 Å². The van der Waals surface area contributed by atoms with Crippen molar-refractivity contribution in [2.75, 3.05) is 19.7 Å². The summed E-state index contributed by atoms with van der Waals surface area (Å²) >= 11 is 11.5. The second kappa shape index (κ2) is 7.13. The quantitative estimate of drug-likeness (QED) is 0.614. The maximum atomic E-state index is 12.4. The van der Waals surface area contributed by atoms with Crippen LogP contribution in [0.4, 0.5) is 0 Å². The van der Waals surface area contributed by atoms with Crippen molar-refractivity contribution in [3.63, 3.8) is 0 Å². The van der Waals surface area contributed by atoms with E-state index in [1.54, 1.807) is 0 Å². The van der Waals surface area contributed by atoms with Gasteiger partial charge in [-0.3, -0.25) is 9.69 Å². The molecule has 0 aromatic carbocycles. The number of carbonyl (C=O) groups is 1. The molecule has 1 N–H and O–H groups in total. The standard InChI is InChI=1S/C14H17Cl2N3O4S/c15-11-7-10(8-17-13(11)16)24(21,22)18-9-1-4-19(5-2-9)12-3-6-23-14(12)20/h7-9,12,18H,1-6H2/t12-/m1/s1. The average Bonchev–Trinajstić information content (AvgIpc) is 2.96. The number of hydrogen-bond acceptors (Lipinski definition) is 6. The zero-order valence-electron chi connectivity index (χ0n) is 12.7. The molecule has 0 aliphatic carbocycles. The van der Waals surface area contributed by atoms with Gasteiger partial charge in [-0.1, -0.05) is 23.2 Å². The first-order valence-electron chi connectivity index (χ1n) is 7.61. The second-order valence-corrected chi connectivity index (χ2v) is 8.33. The highest BCUT2D eigenvalue weighted by Gasteiger charge is 2.35. The predicted molar refractivity (Wildman–Crippen MR) is 88.5 cm³/mol. The van der Waals surface area contributed by atoms with Crippen molar-refractivity contribution < 1.29 is 17.9 Å². The maximum Gasteiger partial charge on any atom is 0.323 e. The summed E-state index contributed by atoms with van der Waals surface area (Å²) in [5, 5.41) is 0.154. The normalized spacial score (nSPS) is 23.4. The van der Waals surface area contributed by atoms with E-state index >= 15 is 0 Å². The smallest absolute Gasteiger partial charge is 0.323 e. The van der Waals surface area contributed by atoms with Gasteiger partial charge in [0.15, 0.2) is 0 Å². The second-order valence-electron chi connectivity index (χ2n) is 5.85. The van der Waals surface area contributed by atoms with Gasteiger partial charge >= 0.3 is 5.97 Å². The zero-order valence-corrected chi connectivity index (χ0v) is 15.1. The molecule has 10 heteroatoms. The van der Waals surface area contributed by atoms with Crippen LogP contribution in [-0.2, 0) is 19.6 Å². The molecule has 2 aliphatic heterocycles. The number of esters is 1. The van der Waals surface area contributed by atoms with Crippen LogP contribution in [0.1, 0.15) is 19.3 Å². The molecule has 2 saturated heterocycles. The van der Waals surface area contributed by atoms with Crippen molar-refractivity contribution in [1.82, 2.24) is 14.6 Å². The van der Waals surface area contributed by atoms with E-state index in [0.29, 0.717) is 39.0 Å². The fourth-order valence-corrected chi connectivity index (χ4v) is 4.59. The van der Waals surface area contributed by atoms with Gasteiger partial charge in [-0.15, -0.1) is 0 Å². The third-order valence-corrected chi connectivity index (χ3v) is 6.45. The van der Waals surface area contributed by atoms with Gasteiger partial charge in [0.1, 0.15) is 16.1 Å². The number of likely N-dealkylation sites (tertiary alicyclic amines) is 1. The highest BCUT2D eigenvalue weighted by molar-refractivity contribution is 7.89. The highest BCUT2D eigenvalue weighted by atomic mass is 35.5. The van der Waals surface area contributed by atoms with Crippen LogP contribution in [0.2, 0.25) is 10.2 Å². The van der Waals surface area contributed by atoms with Gasteiger partial charge in [0.25, 0.3) is 0 Å². The first kappa shape index (κ1) is 17.9. The summed E-state index contributed by atoms with van der Waals surface area (Å²) in [5.41, 5.74) is 0. The molecule has 3 heterocycles. The Hall–Kier alpha value is -0.930. The predicted octanol–water partition coefficient (Wildman–Crippen LogP) is 1.45. The fraction of sp³-hybridized carbons (Fsp3) is 0.571. The van der Waals surface area contributed by atoms with Crippen LogP contribution < -0.4 is 4.72 Å². The Kier molecular flexibility index (Phi) is 5.31. The number of carbonyl (C=O) groups excluding carboxylic acids is 1. The van der Waals surface area contributed by atoms with E-state index in [1.807, 2.05) is 0 Å². The van der Waals surface area contributed by atoms with Crippen molar-refractivity contribution >= 4 is 39.2 Å². The lowest BCUT2D eigenvalue weighted by Crippen LogP contribution is -2.49. The van der Waals surface area contributed by atoms with E-state index in [-0.39, 0.29) is 33.1 Å². The number of cyclic esters (lactones) is 1. The SMILES string of the molecule is O=C1OCC[C@H]1N1CCC(NS(=O)(=O)c2cnc(Cl)c(Cl)c2)CC1. The van der Waals surface area contributed by atoms with Crippen LogP contribution in [0.5, 0.6) is 0 Å². The molecular formula is C14H17Cl2N3O4S. The fourth-order valence-electron chi connectivity index (χ4n) is 2.98. The summed E-state index contributed by atoms with van der Waals surface area (Å²) < 4.78 is 32.5. The molecule has 2 fully saturated rings. The number of aromatic nitrogens is 1. The Morgan fingerprint density at radius 3 is 2.54 bits per heavy atom. The third kappa shape index (κ3) is 3.83. The van der Waals surface area contributed by atoms with Crippen molar-refractivity contribution in [3.8, 4) is 0 Å². The zero-order chi connectivity index (χ0) is 17.3. The van der Waals surface area contributed by atoms with Crippen LogP contribution in [0, 0.1) is 0 Å². The van der Waals surface area contributed by atoms with E-state index in [0.717, 1.165) is 0 Å². The highest BCUT2D eigenvalue weighted by Crippen LogP contribution is 2.24. The maximum absolute atomic E-state index is 12.4. The molecule has 0 bridgehead atoms. The molecule has 1 aromatic heterocycles. The van der Waals surface area contributed by atoms with Crippen molar-refractivity contribution in [2.45, 2.75) is 36.2 Å². The molecule has 132 valence electrons. The first-order chi connectivity index (χ1) is 11.4. The lowest BCUT2D eigenvalue weighted by molar-refractivity contribution is -0.142. The minimum absolute atomic E-state index is 0.0151. The third-order valence-electron chi connectivity index (χ3n) is 4.28. The average molecular weight is 394 g/mol. The first-order valence-corrected chi connectivity index (χ1v) is 9.85. The van der Waals surface area contributed by atoms with Crippen LogP contribution in [0.3, 0.4) is 0 Å². The Bertz CT molecular complexity index is 736. The van der Waals surface area contributed by atoms with Crippen LogP contribution in [-0.4, -0.2) is 56.1 Å². The minimum Gasteiger partial charge on any atom is -0.464 e. The number of ether oxygens (including phenoxy) is 1. The number of piperidine rings is 1. The number of sulfonamides is 1. The number of rotatable bonds is 4. The molecule has 2 aliphatic rings. The number of hydrogen-bond donors (Lipinski definition) is 1. The Balaban J connectivity index is 1.60. The topological polar surface area (TPSA) is 88.6 Å². The monoisotopic (exact) mass is 393 g/mol. The van der Waals surface area contributed by atoms with E-state index in [2.05, 4.69) is 14.6 Å². The molecule has 1 aromatic rings. The van der Waals surface area contributed by atoms with Crippen LogP contribution >= 0.6 is 23.2 Å². The Morgan fingerprint density at radius 2 is 1.96 bits per heavy atom. The van der Waals surface area contributed by atoms with Gasteiger partial charge in [0.05, 0.1) is 11.6 Å². The van der Waals surface area contributed by atoms with Crippen LogP contribution in [0.25, 0.3) is 0 Å². The summed E-state index contributed by atoms with van der Waals surface area (Å²) in [7, 11) is -3.71. The molecule has 24 heavy (non-hydrogen) atoms. The van der Waals surface area contributed by atoms with E-state index in [1.165, 1.54) is 12.3 Å². The number of halogens is 2. The Labute approximate surface area is 150 Å². The molecule has 0 unspecified atom stereocenters. The van der Waals surface area contributed by atoms with E-state index in [4.69, 9.17) is 27.9 Å². The van der Waals surface area contributed by atoms with Crippen molar-refractivity contribution in [3.05, 3.63) is 22.4 Å². The molecule has 1 atom stereocenters. The molecule has 0 saturated carbocycles. The van der Waals surface area contributed by atoms with Crippen molar-refractivity contribution in [2.24, 2.45) is 0 Å². The van der Waals surface area contributed by atoms with Gasteiger partial charge in [-0.05, 0) is 18.9 Å². The molecule has 7 nitrogen and oxygen atoms in total. The number of nitrogens with one attached hydrogen (secondary N) is 1. The van der Waals surface area contributed by atoms with Gasteiger partial charge in [0, 0.05) is 31.7 Å². The summed E-state index contributed by atoms with van der Waals surface area (Å²) in [6, 6.07) is 0.892. The summed E-state index contributed by atoms with van der Waals surface area (Å²) in [6.45, 7) is 1.75. The summed E-state index contributed by atoms with van der Waals surface area (Å²) in [4.78, 5) is 17.4. The Morgan fingerprint density at radius 1 is 1.25 bits per heavy atom. The van der Waals surface area contributed by atoms with E-state index in [9.17, 15) is 13.2 Å². The number of nitrogens with zero attached hydrogens (tertiary/aromatic N) is 2. The summed E-state index contributed by atoms with van der Waals surface area (Å²) in [5.74, 6) is -0.184. The number of pyridine rings is 1. The molecule has 3 rings (SSSR count). The summed E-state index contributed by atoms with van der Waals surface area (Å²) in [6.07, 6.45) is 3.12. The van der Waals surface area contributed by atoms with Crippen LogP contribution in [0.15, 0.2) is 17.2 Å². The van der Waals surface area contributed by atoms with Gasteiger partial charge in [0.2, 0.25) is 10.0 Å². The molecule has 0 radical (unpaired) electrons. The molecule has 0 amide bonds. The largest absolute Gasteiger partial charge is 0.464 e. The lowest BCUT2D eigenvalue weighted by atomic mass is 10.0. The molecular weight excluding hydrogens is 377 g/mol. The van der Waals surface area contributed by atoms with Gasteiger partial charge < -0.3 is 4.74 Å². The van der Waals surface area contributed by atoms with E-state index < -0.39 is 10.0 Å². The van der Waals surface area contributed by atoms with Gasteiger partial charge in [-0.2, -0.15) is 0 Å².